The largest absolute Gasteiger partial charge is 0.339 e. The first-order chi connectivity index (χ1) is 15.4. The lowest BCUT2D eigenvalue weighted by molar-refractivity contribution is -0.157. The molecule has 2 saturated heterocycles. The van der Waals surface area contributed by atoms with E-state index in [1.807, 2.05) is 38.1 Å². The quantitative estimate of drug-likeness (QED) is 0.598. The molecule has 32 heavy (non-hydrogen) atoms. The average Bonchev–Trinajstić information content (AvgIpc) is 3.26. The van der Waals surface area contributed by atoms with Gasteiger partial charge in [0.05, 0.1) is 6.54 Å². The van der Waals surface area contributed by atoms with Gasteiger partial charge in [-0.15, -0.1) is 0 Å². The maximum atomic E-state index is 12.7. The summed E-state index contributed by atoms with van der Waals surface area (Å²) in [5.41, 5.74) is 2.08. The Labute approximate surface area is 186 Å². The van der Waals surface area contributed by atoms with Crippen LogP contribution >= 0.6 is 0 Å². The number of aryl methyl sites for hydroxylation is 1. The van der Waals surface area contributed by atoms with Crippen LogP contribution in [0.4, 0.5) is 0 Å². The molecule has 0 aliphatic carbocycles. The molecule has 1 aromatic heterocycles. The smallest absolute Gasteiger partial charge is 0.312 e. The molecule has 0 spiro atoms. The fourth-order valence-corrected chi connectivity index (χ4v) is 3.92. The Kier molecular flexibility index (Phi) is 6.50. The molecular formula is C22H28N6O4. The Bertz CT molecular complexity index is 981. The summed E-state index contributed by atoms with van der Waals surface area (Å²) in [5, 5.41) is 4.07. The lowest BCUT2D eigenvalue weighted by Gasteiger charge is -2.37. The average molecular weight is 441 g/mol. The number of amides is 3. The first-order valence-electron chi connectivity index (χ1n) is 10.9. The van der Waals surface area contributed by atoms with Gasteiger partial charge in [-0.2, -0.15) is 4.98 Å². The van der Waals surface area contributed by atoms with Gasteiger partial charge < -0.3 is 19.2 Å². The number of nitrogens with zero attached hydrogens (tertiary/aromatic N) is 6. The summed E-state index contributed by atoms with van der Waals surface area (Å²) in [7, 11) is 0. The highest BCUT2D eigenvalue weighted by Crippen LogP contribution is 2.17. The predicted molar refractivity (Wildman–Crippen MR) is 115 cm³/mol. The molecule has 10 heteroatoms. The van der Waals surface area contributed by atoms with Crippen LogP contribution in [0.15, 0.2) is 28.8 Å². The molecule has 2 aliphatic heterocycles. The lowest BCUT2D eigenvalue weighted by atomic mass is 10.1. The summed E-state index contributed by atoms with van der Waals surface area (Å²) in [6, 6.07) is 7.95. The van der Waals surface area contributed by atoms with Gasteiger partial charge in [0, 0.05) is 51.4 Å². The van der Waals surface area contributed by atoms with Crippen LogP contribution in [0.5, 0.6) is 0 Å². The SMILES string of the molecule is CCN1CCN(CC(=O)N2CCN(Cc3nc(-c4ccc(C)cc4)no3)CC2)C(=O)C1=O. The van der Waals surface area contributed by atoms with Gasteiger partial charge in [-0.05, 0) is 13.8 Å². The molecule has 3 amide bonds. The molecule has 4 rings (SSSR count). The molecule has 2 aromatic rings. The molecule has 3 heterocycles. The molecule has 2 aliphatic rings. The van der Waals surface area contributed by atoms with E-state index in [4.69, 9.17) is 4.52 Å². The fraction of sp³-hybridized carbons (Fsp3) is 0.500. The third kappa shape index (κ3) is 4.80. The number of likely N-dealkylation sites (N-methyl/N-ethyl adjacent to an activating group) is 1. The maximum absolute atomic E-state index is 12.7. The second kappa shape index (κ2) is 9.47. The number of hydrogen-bond acceptors (Lipinski definition) is 7. The number of carbonyl (C=O) groups excluding carboxylic acids is 3. The molecule has 0 bridgehead atoms. The predicted octanol–water partition coefficient (Wildman–Crippen LogP) is 0.380. The van der Waals surface area contributed by atoms with Gasteiger partial charge in [-0.3, -0.25) is 19.3 Å². The Balaban J connectivity index is 1.25. The number of hydrogen-bond donors (Lipinski definition) is 0. The van der Waals surface area contributed by atoms with E-state index < -0.39 is 11.8 Å². The minimum absolute atomic E-state index is 0.0499. The summed E-state index contributed by atoms with van der Waals surface area (Å²) in [6.45, 7) is 8.14. The number of piperazine rings is 2. The van der Waals surface area contributed by atoms with Crippen LogP contribution in [-0.4, -0.2) is 99.8 Å². The molecule has 2 fully saturated rings. The van der Waals surface area contributed by atoms with Gasteiger partial charge in [0.25, 0.3) is 0 Å². The third-order valence-corrected chi connectivity index (χ3v) is 5.97. The summed E-state index contributed by atoms with van der Waals surface area (Å²) in [5.74, 6) is -0.142. The van der Waals surface area contributed by atoms with Crippen LogP contribution in [0.25, 0.3) is 11.4 Å². The normalized spacial score (nSPS) is 17.9. The zero-order valence-corrected chi connectivity index (χ0v) is 18.5. The van der Waals surface area contributed by atoms with E-state index in [9.17, 15) is 14.4 Å². The van der Waals surface area contributed by atoms with Crippen LogP contribution in [0, 0.1) is 6.92 Å². The van der Waals surface area contributed by atoms with E-state index >= 15 is 0 Å². The van der Waals surface area contributed by atoms with E-state index in [0.29, 0.717) is 64.1 Å². The number of benzene rings is 1. The van der Waals surface area contributed by atoms with Crippen molar-refractivity contribution in [2.75, 3.05) is 52.4 Å². The molecule has 0 N–H and O–H groups in total. The van der Waals surface area contributed by atoms with E-state index in [0.717, 1.165) is 5.56 Å². The van der Waals surface area contributed by atoms with Crippen LogP contribution in [0.2, 0.25) is 0 Å². The standard InChI is InChI=1S/C22H28N6O4/c1-3-26-12-13-28(22(31)21(26)30)15-19(29)27-10-8-25(9-11-27)14-18-23-20(24-32-18)17-6-4-16(2)5-7-17/h4-7H,3,8-15H2,1-2H3. The highest BCUT2D eigenvalue weighted by molar-refractivity contribution is 6.35. The Morgan fingerprint density at radius 1 is 0.969 bits per heavy atom. The first kappa shape index (κ1) is 21.9. The Morgan fingerprint density at radius 2 is 1.62 bits per heavy atom. The van der Waals surface area contributed by atoms with Crippen molar-refractivity contribution in [3.63, 3.8) is 0 Å². The molecule has 0 atom stereocenters. The van der Waals surface area contributed by atoms with Gasteiger partial charge >= 0.3 is 11.8 Å². The highest BCUT2D eigenvalue weighted by Gasteiger charge is 2.34. The maximum Gasteiger partial charge on any atom is 0.312 e. The number of aromatic nitrogens is 2. The van der Waals surface area contributed by atoms with Crippen molar-refractivity contribution in [1.82, 2.24) is 29.7 Å². The van der Waals surface area contributed by atoms with Crippen molar-refractivity contribution in [2.45, 2.75) is 20.4 Å². The van der Waals surface area contributed by atoms with Crippen molar-refractivity contribution < 1.29 is 18.9 Å². The number of carbonyl (C=O) groups is 3. The molecule has 0 unspecified atom stereocenters. The van der Waals surface area contributed by atoms with Gasteiger partial charge in [-0.1, -0.05) is 35.0 Å². The van der Waals surface area contributed by atoms with E-state index in [-0.39, 0.29) is 12.5 Å². The Morgan fingerprint density at radius 3 is 2.31 bits per heavy atom. The molecule has 1 aromatic carbocycles. The van der Waals surface area contributed by atoms with Crippen molar-refractivity contribution in [2.24, 2.45) is 0 Å². The lowest BCUT2D eigenvalue weighted by Crippen LogP contribution is -2.57. The first-order valence-corrected chi connectivity index (χ1v) is 10.9. The highest BCUT2D eigenvalue weighted by atomic mass is 16.5. The molecule has 170 valence electrons. The van der Waals surface area contributed by atoms with Crippen LogP contribution in [0.1, 0.15) is 18.4 Å². The molecule has 0 saturated carbocycles. The van der Waals surface area contributed by atoms with E-state index in [1.54, 1.807) is 4.90 Å². The zero-order chi connectivity index (χ0) is 22.7. The summed E-state index contributed by atoms with van der Waals surface area (Å²) in [4.78, 5) is 48.2. The minimum Gasteiger partial charge on any atom is -0.339 e. The fourth-order valence-electron chi connectivity index (χ4n) is 3.92. The van der Waals surface area contributed by atoms with Crippen molar-refractivity contribution in [3.05, 3.63) is 35.7 Å². The molecule has 0 radical (unpaired) electrons. The Hall–Kier alpha value is -3.27. The topological polar surface area (TPSA) is 103 Å². The van der Waals surface area contributed by atoms with E-state index in [1.165, 1.54) is 15.4 Å². The van der Waals surface area contributed by atoms with Gasteiger partial charge in [0.2, 0.25) is 17.6 Å². The van der Waals surface area contributed by atoms with E-state index in [2.05, 4.69) is 15.0 Å². The van der Waals surface area contributed by atoms with Gasteiger partial charge in [0.1, 0.15) is 6.54 Å². The van der Waals surface area contributed by atoms with Crippen molar-refractivity contribution in [1.29, 1.82) is 0 Å². The second-order valence-electron chi connectivity index (χ2n) is 8.15. The zero-order valence-electron chi connectivity index (χ0n) is 18.5. The van der Waals surface area contributed by atoms with Gasteiger partial charge in [-0.25, -0.2) is 0 Å². The summed E-state index contributed by atoms with van der Waals surface area (Å²) in [6.07, 6.45) is 0. The number of rotatable bonds is 6. The minimum atomic E-state index is -0.592. The van der Waals surface area contributed by atoms with Crippen LogP contribution < -0.4 is 0 Å². The van der Waals surface area contributed by atoms with Crippen LogP contribution in [-0.2, 0) is 20.9 Å². The molecular weight excluding hydrogens is 412 g/mol. The summed E-state index contributed by atoms with van der Waals surface area (Å²) < 4.78 is 5.40. The van der Waals surface area contributed by atoms with Crippen molar-refractivity contribution in [3.8, 4) is 11.4 Å². The monoisotopic (exact) mass is 440 g/mol. The summed E-state index contributed by atoms with van der Waals surface area (Å²) >= 11 is 0. The molecule has 10 nitrogen and oxygen atoms in total. The van der Waals surface area contributed by atoms with Crippen LogP contribution in [0.3, 0.4) is 0 Å². The third-order valence-electron chi connectivity index (χ3n) is 5.97. The van der Waals surface area contributed by atoms with Crippen molar-refractivity contribution >= 4 is 17.7 Å². The second-order valence-corrected chi connectivity index (χ2v) is 8.15. The van der Waals surface area contributed by atoms with Gasteiger partial charge in [0.15, 0.2) is 0 Å².